The number of piperidine rings is 1. The monoisotopic (exact) mass is 277 g/mol. The van der Waals surface area contributed by atoms with E-state index in [1.165, 1.54) is 0 Å². The Morgan fingerprint density at radius 1 is 1.67 bits per heavy atom. The molecule has 4 nitrogen and oxygen atoms in total. The topological polar surface area (TPSA) is 46.6 Å². The zero-order valence-corrected chi connectivity index (χ0v) is 10.6. The number of nitrogens with zero attached hydrogens (tertiary/aromatic N) is 1. The Morgan fingerprint density at radius 2 is 2.33 bits per heavy atom. The number of ketones is 1. The number of carbonyl (C=O) groups is 2. The van der Waals surface area contributed by atoms with Gasteiger partial charge in [0, 0.05) is 19.5 Å². The number of Topliss-reactive ketones (excluding diaryl/α,β-unsaturated/α-hetero) is 1. The molecule has 0 spiro atoms. The zero-order valence-electron chi connectivity index (χ0n) is 9.03. The minimum absolute atomic E-state index is 0.155. The minimum Gasteiger partial charge on any atom is -0.449 e. The van der Waals surface area contributed by atoms with Crippen molar-refractivity contribution >= 4 is 27.8 Å². The third-order valence-corrected chi connectivity index (χ3v) is 2.96. The van der Waals surface area contributed by atoms with Gasteiger partial charge in [0.2, 0.25) is 0 Å². The molecule has 1 heterocycles. The van der Waals surface area contributed by atoms with Gasteiger partial charge in [0.15, 0.2) is 0 Å². The number of hydrogen-bond acceptors (Lipinski definition) is 3. The summed E-state index contributed by atoms with van der Waals surface area (Å²) >= 11 is 3.24. The number of likely N-dealkylation sites (tertiary alicyclic amines) is 1. The lowest BCUT2D eigenvalue weighted by molar-refractivity contribution is -0.120. The summed E-state index contributed by atoms with van der Waals surface area (Å²) in [7, 11) is 0. The Kier molecular flexibility index (Phi) is 4.57. The molecule has 1 aliphatic heterocycles. The second-order valence-electron chi connectivity index (χ2n) is 4.10. The van der Waals surface area contributed by atoms with Crippen molar-refractivity contribution in [3.05, 3.63) is 0 Å². The average molecular weight is 278 g/mol. The van der Waals surface area contributed by atoms with Crippen LogP contribution >= 0.6 is 15.9 Å². The average Bonchev–Trinajstić information content (AvgIpc) is 2.18. The highest BCUT2D eigenvalue weighted by atomic mass is 79.9. The molecule has 0 bridgehead atoms. The van der Waals surface area contributed by atoms with Crippen LogP contribution in [0.2, 0.25) is 0 Å². The Hall–Kier alpha value is -0.580. The van der Waals surface area contributed by atoms with Crippen LogP contribution in [0.5, 0.6) is 0 Å². The summed E-state index contributed by atoms with van der Waals surface area (Å²) < 4.78 is 5.08. The fraction of sp³-hybridized carbons (Fsp3) is 0.800. The van der Waals surface area contributed by atoms with Crippen molar-refractivity contribution in [2.45, 2.75) is 25.1 Å². The number of amides is 1. The Morgan fingerprint density at radius 3 is 2.87 bits per heavy atom. The van der Waals surface area contributed by atoms with Crippen LogP contribution in [-0.4, -0.2) is 41.3 Å². The summed E-state index contributed by atoms with van der Waals surface area (Å²) in [4.78, 5) is 24.1. The predicted octanol–water partition coefficient (Wildman–Crippen LogP) is 1.82. The second kappa shape index (κ2) is 5.49. The second-order valence-corrected chi connectivity index (χ2v) is 5.21. The molecular formula is C10H16BrNO3. The normalized spacial score (nSPS) is 22.0. The molecule has 0 radical (unpaired) electrons. The van der Waals surface area contributed by atoms with E-state index >= 15 is 0 Å². The summed E-state index contributed by atoms with van der Waals surface area (Å²) in [6, 6.07) is 0. The van der Waals surface area contributed by atoms with E-state index in [0.29, 0.717) is 32.0 Å². The van der Waals surface area contributed by atoms with Gasteiger partial charge in [0.1, 0.15) is 5.78 Å². The van der Waals surface area contributed by atoms with Gasteiger partial charge in [-0.05, 0) is 5.92 Å². The lowest BCUT2D eigenvalue weighted by Crippen LogP contribution is -2.45. The molecule has 1 atom stereocenters. The van der Waals surface area contributed by atoms with Gasteiger partial charge >= 0.3 is 6.09 Å². The number of halogens is 1. The van der Waals surface area contributed by atoms with Crippen molar-refractivity contribution in [3.63, 3.8) is 0 Å². The summed E-state index contributed by atoms with van der Waals surface area (Å²) in [5.74, 6) is 0.489. The highest BCUT2D eigenvalue weighted by Crippen LogP contribution is 2.14. The van der Waals surface area contributed by atoms with Crippen LogP contribution in [-0.2, 0) is 9.53 Å². The van der Waals surface area contributed by atoms with Crippen molar-refractivity contribution in [1.82, 2.24) is 4.90 Å². The first-order valence-electron chi connectivity index (χ1n) is 5.09. The number of alkyl halides is 1. The number of carbonyl (C=O) groups excluding carboxylic acids is 2. The smallest absolute Gasteiger partial charge is 0.409 e. The van der Waals surface area contributed by atoms with Crippen molar-refractivity contribution < 1.29 is 14.3 Å². The quantitative estimate of drug-likeness (QED) is 0.724. The largest absolute Gasteiger partial charge is 0.449 e. The Labute approximate surface area is 98.1 Å². The van der Waals surface area contributed by atoms with E-state index in [0.717, 1.165) is 0 Å². The summed E-state index contributed by atoms with van der Waals surface area (Å²) in [6.07, 6.45) is 0.0906. The third kappa shape index (κ3) is 3.81. The molecule has 86 valence electrons. The lowest BCUT2D eigenvalue weighted by atomic mass is 10.1. The van der Waals surface area contributed by atoms with Crippen LogP contribution in [0, 0.1) is 5.92 Å². The molecule has 1 aliphatic rings. The highest BCUT2D eigenvalue weighted by molar-refractivity contribution is 9.10. The van der Waals surface area contributed by atoms with Crippen LogP contribution in [0.3, 0.4) is 0 Å². The van der Waals surface area contributed by atoms with Gasteiger partial charge in [-0.3, -0.25) is 4.79 Å². The van der Waals surface area contributed by atoms with E-state index in [-0.39, 0.29) is 16.7 Å². The molecule has 1 amide bonds. The predicted molar refractivity (Wildman–Crippen MR) is 60.1 cm³/mol. The Balaban J connectivity index is 2.37. The van der Waals surface area contributed by atoms with E-state index in [2.05, 4.69) is 15.9 Å². The maximum Gasteiger partial charge on any atom is 0.409 e. The van der Waals surface area contributed by atoms with Crippen molar-refractivity contribution in [2.24, 2.45) is 5.92 Å². The van der Waals surface area contributed by atoms with Gasteiger partial charge in [-0.25, -0.2) is 4.79 Å². The third-order valence-electron chi connectivity index (χ3n) is 2.16. The first-order valence-corrected chi connectivity index (χ1v) is 6.00. The molecule has 1 rings (SSSR count). The van der Waals surface area contributed by atoms with E-state index < -0.39 is 0 Å². The molecule has 0 aliphatic carbocycles. The van der Waals surface area contributed by atoms with Crippen molar-refractivity contribution in [3.8, 4) is 0 Å². The first-order chi connectivity index (χ1) is 7.00. The number of hydrogen-bond donors (Lipinski definition) is 0. The zero-order chi connectivity index (χ0) is 11.4. The SMILES string of the molecule is CC(C)COC(=O)N1CCC(=O)C(Br)C1. The van der Waals surface area contributed by atoms with Crippen LogP contribution in [0.25, 0.3) is 0 Å². The molecule has 0 aromatic carbocycles. The van der Waals surface area contributed by atoms with E-state index in [1.807, 2.05) is 13.8 Å². The maximum absolute atomic E-state index is 11.5. The fourth-order valence-corrected chi connectivity index (χ4v) is 1.86. The van der Waals surface area contributed by atoms with Crippen molar-refractivity contribution in [2.75, 3.05) is 19.7 Å². The molecule has 1 fully saturated rings. The maximum atomic E-state index is 11.5. The summed E-state index contributed by atoms with van der Waals surface area (Å²) in [6.45, 7) is 5.28. The van der Waals surface area contributed by atoms with Crippen LogP contribution in [0.4, 0.5) is 4.79 Å². The van der Waals surface area contributed by atoms with E-state index in [1.54, 1.807) is 4.90 Å². The van der Waals surface area contributed by atoms with Gasteiger partial charge < -0.3 is 9.64 Å². The fourth-order valence-electron chi connectivity index (χ4n) is 1.28. The molecule has 0 N–H and O–H groups in total. The minimum atomic E-state index is -0.319. The highest BCUT2D eigenvalue weighted by Gasteiger charge is 2.28. The van der Waals surface area contributed by atoms with Gasteiger partial charge in [0.25, 0.3) is 0 Å². The van der Waals surface area contributed by atoms with Crippen molar-refractivity contribution in [1.29, 1.82) is 0 Å². The molecule has 15 heavy (non-hydrogen) atoms. The van der Waals surface area contributed by atoms with Crippen LogP contribution in [0.1, 0.15) is 20.3 Å². The molecule has 0 aromatic heterocycles. The van der Waals surface area contributed by atoms with Gasteiger partial charge in [0.05, 0.1) is 11.4 Å². The molecule has 0 aromatic rings. The van der Waals surface area contributed by atoms with E-state index in [4.69, 9.17) is 4.74 Å². The standard InChI is InChI=1S/C10H16BrNO3/c1-7(2)6-15-10(14)12-4-3-9(13)8(11)5-12/h7-8H,3-6H2,1-2H3. The van der Waals surface area contributed by atoms with Gasteiger partial charge in [-0.1, -0.05) is 29.8 Å². The van der Waals surface area contributed by atoms with Crippen LogP contribution in [0.15, 0.2) is 0 Å². The van der Waals surface area contributed by atoms with Crippen LogP contribution < -0.4 is 0 Å². The molecular weight excluding hydrogens is 262 g/mol. The van der Waals surface area contributed by atoms with Gasteiger partial charge in [-0.15, -0.1) is 0 Å². The Bertz CT molecular complexity index is 255. The van der Waals surface area contributed by atoms with Gasteiger partial charge in [-0.2, -0.15) is 0 Å². The first kappa shape index (κ1) is 12.5. The number of ether oxygens (including phenoxy) is 1. The molecule has 1 saturated heterocycles. The summed E-state index contributed by atoms with van der Waals surface area (Å²) in [5.41, 5.74) is 0. The molecule has 5 heteroatoms. The molecule has 1 unspecified atom stereocenters. The summed E-state index contributed by atoms with van der Waals surface area (Å²) in [5, 5.41) is 0. The molecule has 0 saturated carbocycles. The number of rotatable bonds is 2. The van der Waals surface area contributed by atoms with E-state index in [9.17, 15) is 9.59 Å². The lowest BCUT2D eigenvalue weighted by Gasteiger charge is -2.28.